The molecule has 1 N–H and O–H groups in total. The van der Waals surface area contributed by atoms with E-state index in [2.05, 4.69) is 10.1 Å². The molecule has 22 heavy (non-hydrogen) atoms. The SMILES string of the molecule is CS(=O)(=O)O.Fc1ccc(C(C2CO2)n2cncn2)c(F)c1. The van der Waals surface area contributed by atoms with Gasteiger partial charge in [0.05, 0.1) is 12.9 Å². The Morgan fingerprint density at radius 2 is 2.09 bits per heavy atom. The van der Waals surface area contributed by atoms with Gasteiger partial charge in [0, 0.05) is 11.6 Å². The Bertz CT molecular complexity index is 725. The first kappa shape index (κ1) is 16.5. The molecule has 1 aliphatic rings. The number of aromatic nitrogens is 3. The van der Waals surface area contributed by atoms with E-state index in [9.17, 15) is 17.2 Å². The molecule has 0 amide bonds. The number of benzene rings is 1. The minimum Gasteiger partial charge on any atom is -0.370 e. The molecule has 120 valence electrons. The van der Waals surface area contributed by atoms with Crippen molar-refractivity contribution >= 4 is 10.1 Å². The average molecular weight is 333 g/mol. The number of hydrogen-bond acceptors (Lipinski definition) is 5. The zero-order valence-corrected chi connectivity index (χ0v) is 12.2. The van der Waals surface area contributed by atoms with E-state index in [0.717, 1.165) is 6.07 Å². The van der Waals surface area contributed by atoms with Crippen molar-refractivity contribution in [2.24, 2.45) is 0 Å². The van der Waals surface area contributed by atoms with Crippen LogP contribution in [0.1, 0.15) is 11.6 Å². The maximum absolute atomic E-state index is 13.7. The van der Waals surface area contributed by atoms with E-state index in [4.69, 9.17) is 9.29 Å². The summed E-state index contributed by atoms with van der Waals surface area (Å²) in [4.78, 5) is 3.83. The van der Waals surface area contributed by atoms with Crippen LogP contribution in [0.15, 0.2) is 30.9 Å². The third-order valence-electron chi connectivity index (χ3n) is 2.71. The average Bonchev–Trinajstić information content (AvgIpc) is 3.05. The number of epoxide rings is 1. The fourth-order valence-electron chi connectivity index (χ4n) is 1.85. The quantitative estimate of drug-likeness (QED) is 0.666. The van der Waals surface area contributed by atoms with Crippen LogP contribution in [0.25, 0.3) is 0 Å². The van der Waals surface area contributed by atoms with Gasteiger partial charge in [-0.3, -0.25) is 4.55 Å². The summed E-state index contributed by atoms with van der Waals surface area (Å²) >= 11 is 0. The lowest BCUT2D eigenvalue weighted by atomic mass is 10.0. The lowest BCUT2D eigenvalue weighted by molar-refractivity contribution is 0.333. The Labute approximate surface area is 125 Å². The van der Waals surface area contributed by atoms with Crippen molar-refractivity contribution in [3.05, 3.63) is 48.1 Å². The number of rotatable bonds is 3. The second-order valence-corrected chi connectivity index (χ2v) is 6.06. The smallest absolute Gasteiger partial charge is 0.261 e. The van der Waals surface area contributed by atoms with Crippen LogP contribution >= 0.6 is 0 Å². The van der Waals surface area contributed by atoms with E-state index in [0.29, 0.717) is 18.4 Å². The molecule has 0 bridgehead atoms. The van der Waals surface area contributed by atoms with E-state index >= 15 is 0 Å². The summed E-state index contributed by atoms with van der Waals surface area (Å²) in [6, 6.07) is 3.11. The minimum absolute atomic E-state index is 0.128. The fraction of sp³-hybridized carbons (Fsp3) is 0.333. The van der Waals surface area contributed by atoms with E-state index in [-0.39, 0.29) is 6.10 Å². The van der Waals surface area contributed by atoms with Crippen molar-refractivity contribution in [3.8, 4) is 0 Å². The van der Waals surface area contributed by atoms with Gasteiger partial charge in [-0.25, -0.2) is 18.4 Å². The molecule has 2 atom stereocenters. The van der Waals surface area contributed by atoms with Crippen LogP contribution in [-0.2, 0) is 14.9 Å². The predicted octanol–water partition coefficient (Wildman–Crippen LogP) is 1.05. The van der Waals surface area contributed by atoms with Crippen LogP contribution < -0.4 is 0 Å². The van der Waals surface area contributed by atoms with Gasteiger partial charge in [-0.05, 0) is 6.07 Å². The van der Waals surface area contributed by atoms with Gasteiger partial charge in [-0.15, -0.1) is 0 Å². The first-order valence-electron chi connectivity index (χ1n) is 6.09. The van der Waals surface area contributed by atoms with Crippen molar-refractivity contribution in [2.45, 2.75) is 12.1 Å². The molecule has 3 rings (SSSR count). The monoisotopic (exact) mass is 333 g/mol. The Kier molecular flexibility index (Phi) is 4.84. The molecule has 1 aliphatic heterocycles. The topological polar surface area (TPSA) is 97.6 Å². The molecule has 1 aromatic heterocycles. The maximum Gasteiger partial charge on any atom is 0.261 e. The van der Waals surface area contributed by atoms with Gasteiger partial charge in [-0.1, -0.05) is 6.07 Å². The second-order valence-electron chi connectivity index (χ2n) is 4.59. The van der Waals surface area contributed by atoms with Gasteiger partial charge in [0.1, 0.15) is 36.4 Å². The van der Waals surface area contributed by atoms with Gasteiger partial charge in [0.25, 0.3) is 10.1 Å². The van der Waals surface area contributed by atoms with Gasteiger partial charge in [0.15, 0.2) is 0 Å². The molecule has 0 aliphatic carbocycles. The summed E-state index contributed by atoms with van der Waals surface area (Å²) in [7, 11) is -3.67. The normalized spacial score (nSPS) is 18.3. The fourth-order valence-corrected chi connectivity index (χ4v) is 1.85. The lowest BCUT2D eigenvalue weighted by Gasteiger charge is -2.15. The second kappa shape index (κ2) is 6.46. The first-order valence-corrected chi connectivity index (χ1v) is 7.93. The molecule has 10 heteroatoms. The Balaban J connectivity index is 0.000000309. The number of halogens is 2. The zero-order chi connectivity index (χ0) is 16.3. The van der Waals surface area contributed by atoms with Crippen molar-refractivity contribution in [2.75, 3.05) is 12.9 Å². The number of nitrogens with zero attached hydrogens (tertiary/aromatic N) is 3. The molecule has 1 aromatic carbocycles. The number of hydrogen-bond donors (Lipinski definition) is 1. The van der Waals surface area contributed by atoms with E-state index in [1.165, 1.54) is 29.5 Å². The lowest BCUT2D eigenvalue weighted by Crippen LogP contribution is -2.18. The third kappa shape index (κ3) is 4.83. The van der Waals surface area contributed by atoms with Gasteiger partial charge in [-0.2, -0.15) is 13.5 Å². The summed E-state index contributed by atoms with van der Waals surface area (Å²) in [5.41, 5.74) is 0.361. The highest BCUT2D eigenvalue weighted by atomic mass is 32.2. The summed E-state index contributed by atoms with van der Waals surface area (Å²) in [5, 5.41) is 3.98. The van der Waals surface area contributed by atoms with Crippen molar-refractivity contribution < 1.29 is 26.5 Å². The van der Waals surface area contributed by atoms with Crippen LogP contribution in [0.3, 0.4) is 0 Å². The molecule has 2 aromatic rings. The van der Waals surface area contributed by atoms with Crippen LogP contribution in [0.5, 0.6) is 0 Å². The van der Waals surface area contributed by atoms with Crippen LogP contribution in [0.4, 0.5) is 8.78 Å². The third-order valence-corrected chi connectivity index (χ3v) is 2.71. The molecule has 0 spiro atoms. The molecule has 1 fully saturated rings. The molecule has 0 saturated carbocycles. The Hall–Kier alpha value is -1.91. The summed E-state index contributed by atoms with van der Waals surface area (Å²) < 4.78 is 59.2. The van der Waals surface area contributed by atoms with Crippen molar-refractivity contribution in [1.29, 1.82) is 0 Å². The van der Waals surface area contributed by atoms with Crippen molar-refractivity contribution in [1.82, 2.24) is 14.8 Å². The van der Waals surface area contributed by atoms with Gasteiger partial charge < -0.3 is 4.74 Å². The van der Waals surface area contributed by atoms with Crippen LogP contribution in [0.2, 0.25) is 0 Å². The summed E-state index contributed by atoms with van der Waals surface area (Å²) in [6.07, 6.45) is 3.45. The van der Waals surface area contributed by atoms with Crippen LogP contribution in [0, 0.1) is 11.6 Å². The van der Waals surface area contributed by atoms with Gasteiger partial charge >= 0.3 is 0 Å². The predicted molar refractivity (Wildman–Crippen MR) is 71.7 cm³/mol. The molecular formula is C12H13F2N3O4S. The van der Waals surface area contributed by atoms with E-state index < -0.39 is 27.8 Å². The van der Waals surface area contributed by atoms with E-state index in [1.54, 1.807) is 0 Å². The highest BCUT2D eigenvalue weighted by molar-refractivity contribution is 7.85. The summed E-state index contributed by atoms with van der Waals surface area (Å²) in [6.45, 7) is 0.543. The highest BCUT2D eigenvalue weighted by Gasteiger charge is 2.37. The Morgan fingerprint density at radius 1 is 1.45 bits per heavy atom. The Morgan fingerprint density at radius 3 is 2.55 bits per heavy atom. The molecule has 7 nitrogen and oxygen atoms in total. The maximum atomic E-state index is 13.7. The summed E-state index contributed by atoms with van der Waals surface area (Å²) in [5.74, 6) is -1.19. The first-order chi connectivity index (χ1) is 10.3. The van der Waals surface area contributed by atoms with E-state index in [1.807, 2.05) is 0 Å². The minimum atomic E-state index is -3.67. The van der Waals surface area contributed by atoms with Crippen molar-refractivity contribution in [3.63, 3.8) is 0 Å². The largest absolute Gasteiger partial charge is 0.370 e. The molecule has 2 unspecified atom stereocenters. The van der Waals surface area contributed by atoms with Gasteiger partial charge in [0.2, 0.25) is 0 Å². The molecule has 1 saturated heterocycles. The van der Waals surface area contributed by atoms with Crippen LogP contribution in [-0.4, -0.2) is 46.7 Å². The zero-order valence-electron chi connectivity index (χ0n) is 11.4. The molecule has 2 heterocycles. The standard InChI is InChI=1S/C11H9F2N3O.CH4O3S/c12-7-1-2-8(9(13)3-7)11(10-4-17-10)16-6-14-5-15-16;1-5(2,3)4/h1-3,5-6,10-11H,4H2;1H3,(H,2,3,4). The molecule has 0 radical (unpaired) electrons. The highest BCUT2D eigenvalue weighted by Crippen LogP contribution is 2.32. The number of ether oxygens (including phenoxy) is 1. The molecular weight excluding hydrogens is 320 g/mol.